The van der Waals surface area contributed by atoms with Gasteiger partial charge in [0, 0.05) is 42.1 Å². The van der Waals surface area contributed by atoms with Crippen molar-refractivity contribution in [2.24, 2.45) is 0 Å². The van der Waals surface area contributed by atoms with Crippen molar-refractivity contribution in [2.45, 2.75) is 30.8 Å². The summed E-state index contributed by atoms with van der Waals surface area (Å²) in [6, 6.07) is 19.4. The van der Waals surface area contributed by atoms with E-state index in [0.29, 0.717) is 0 Å². The minimum absolute atomic E-state index is 0.726. The van der Waals surface area contributed by atoms with Crippen molar-refractivity contribution in [1.29, 1.82) is 0 Å². The van der Waals surface area contributed by atoms with E-state index in [1.165, 1.54) is 42.0 Å². The zero-order valence-corrected chi connectivity index (χ0v) is 16.8. The van der Waals surface area contributed by atoms with Gasteiger partial charge in [0.15, 0.2) is 5.11 Å². The van der Waals surface area contributed by atoms with E-state index in [4.69, 9.17) is 12.2 Å². The molecule has 0 atom stereocenters. The fourth-order valence-electron chi connectivity index (χ4n) is 3.21. The molecule has 2 aromatic carbocycles. The maximum absolute atomic E-state index is 5.37. The Kier molecular flexibility index (Phi) is 7.80. The van der Waals surface area contributed by atoms with Gasteiger partial charge in [-0.2, -0.15) is 0 Å². The van der Waals surface area contributed by atoms with Gasteiger partial charge in [-0.25, -0.2) is 0 Å². The first-order valence-electron chi connectivity index (χ1n) is 9.40. The number of quaternary nitrogens is 1. The lowest BCUT2D eigenvalue weighted by Gasteiger charge is -2.13. The Morgan fingerprint density at radius 2 is 1.62 bits per heavy atom. The summed E-state index contributed by atoms with van der Waals surface area (Å²) in [6.45, 7) is 5.45. The highest BCUT2D eigenvalue weighted by atomic mass is 32.2. The lowest BCUT2D eigenvalue weighted by Crippen LogP contribution is -3.08. The van der Waals surface area contributed by atoms with Gasteiger partial charge in [0.2, 0.25) is 0 Å². The summed E-state index contributed by atoms with van der Waals surface area (Å²) in [5.41, 5.74) is 2.71. The van der Waals surface area contributed by atoms with Crippen LogP contribution in [0.5, 0.6) is 0 Å². The first kappa shape index (κ1) is 19.2. The van der Waals surface area contributed by atoms with Gasteiger partial charge in [0.25, 0.3) is 0 Å². The Morgan fingerprint density at radius 1 is 0.923 bits per heavy atom. The van der Waals surface area contributed by atoms with Gasteiger partial charge in [-0.3, -0.25) is 0 Å². The molecule has 0 saturated carbocycles. The van der Waals surface area contributed by atoms with E-state index in [2.05, 4.69) is 59.2 Å². The standard InChI is InChI=1S/C21H27N3S2/c25-21(22-12-15-26-20-6-2-1-3-7-20)23-16-18-8-10-19(11-9-18)17-24-13-4-5-14-24/h1-3,6-11H,4-5,12-17H2,(H2,22,23,25)/p+1. The van der Waals surface area contributed by atoms with E-state index in [1.807, 2.05) is 17.8 Å². The molecule has 0 amide bonds. The average molecular weight is 387 g/mol. The van der Waals surface area contributed by atoms with Gasteiger partial charge in [0.1, 0.15) is 6.54 Å². The molecule has 1 heterocycles. The van der Waals surface area contributed by atoms with Crippen molar-refractivity contribution < 1.29 is 4.90 Å². The van der Waals surface area contributed by atoms with Gasteiger partial charge in [-0.1, -0.05) is 42.5 Å². The molecule has 0 bridgehead atoms. The first-order valence-corrected chi connectivity index (χ1v) is 10.8. The second-order valence-corrected chi connectivity index (χ2v) is 8.30. The molecular weight excluding hydrogens is 358 g/mol. The summed E-state index contributed by atoms with van der Waals surface area (Å²) in [6.07, 6.45) is 2.76. The molecule has 1 saturated heterocycles. The van der Waals surface area contributed by atoms with E-state index in [0.717, 1.165) is 30.5 Å². The van der Waals surface area contributed by atoms with Crippen LogP contribution in [0.1, 0.15) is 24.0 Å². The van der Waals surface area contributed by atoms with Crippen LogP contribution < -0.4 is 15.5 Å². The summed E-state index contributed by atoms with van der Waals surface area (Å²) in [4.78, 5) is 3.01. The predicted octanol–water partition coefficient (Wildman–Crippen LogP) is 2.62. The number of nitrogens with one attached hydrogen (secondary N) is 3. The monoisotopic (exact) mass is 386 g/mol. The Hall–Kier alpha value is -1.56. The van der Waals surface area contributed by atoms with Crippen molar-refractivity contribution in [3.63, 3.8) is 0 Å². The van der Waals surface area contributed by atoms with Gasteiger partial charge < -0.3 is 15.5 Å². The zero-order chi connectivity index (χ0) is 18.0. The largest absolute Gasteiger partial charge is 0.362 e. The molecule has 26 heavy (non-hydrogen) atoms. The number of thiocarbonyl (C=S) groups is 1. The lowest BCUT2D eigenvalue weighted by molar-refractivity contribution is -0.901. The molecule has 138 valence electrons. The van der Waals surface area contributed by atoms with Crippen LogP contribution in [-0.4, -0.2) is 30.5 Å². The fraction of sp³-hybridized carbons (Fsp3) is 0.381. The third kappa shape index (κ3) is 6.63. The van der Waals surface area contributed by atoms with Gasteiger partial charge in [-0.05, 0) is 29.9 Å². The molecule has 0 aliphatic carbocycles. The van der Waals surface area contributed by atoms with Crippen molar-refractivity contribution in [2.75, 3.05) is 25.4 Å². The van der Waals surface area contributed by atoms with Crippen LogP contribution >= 0.6 is 24.0 Å². The molecule has 1 aliphatic heterocycles. The molecule has 1 aliphatic rings. The van der Waals surface area contributed by atoms with E-state index in [9.17, 15) is 0 Å². The van der Waals surface area contributed by atoms with Gasteiger partial charge >= 0.3 is 0 Å². The van der Waals surface area contributed by atoms with Crippen LogP contribution in [0.15, 0.2) is 59.5 Å². The average Bonchev–Trinajstić information content (AvgIpc) is 3.19. The third-order valence-corrected chi connectivity index (χ3v) is 5.94. The Bertz CT molecular complexity index is 667. The molecule has 5 heteroatoms. The Labute approximate surface area is 166 Å². The van der Waals surface area contributed by atoms with Crippen molar-refractivity contribution in [3.8, 4) is 0 Å². The highest BCUT2D eigenvalue weighted by Gasteiger charge is 2.15. The molecule has 0 spiro atoms. The SMILES string of the molecule is S=C(NCCSc1ccccc1)NCc1ccc(C[NH+]2CCCC2)cc1. The highest BCUT2D eigenvalue weighted by molar-refractivity contribution is 7.99. The number of hydrogen-bond donors (Lipinski definition) is 3. The summed E-state index contributed by atoms with van der Waals surface area (Å²) in [5.74, 6) is 0.999. The normalized spacial score (nSPS) is 14.3. The summed E-state index contributed by atoms with van der Waals surface area (Å²) >= 11 is 7.21. The summed E-state index contributed by atoms with van der Waals surface area (Å²) in [7, 11) is 0. The zero-order valence-electron chi connectivity index (χ0n) is 15.2. The molecule has 0 unspecified atom stereocenters. The maximum atomic E-state index is 5.37. The molecule has 0 radical (unpaired) electrons. The van der Waals surface area contributed by atoms with Crippen LogP contribution in [0, 0.1) is 0 Å². The maximum Gasteiger partial charge on any atom is 0.166 e. The minimum Gasteiger partial charge on any atom is -0.362 e. The van der Waals surface area contributed by atoms with Crippen molar-refractivity contribution >= 4 is 29.1 Å². The summed E-state index contributed by atoms with van der Waals surface area (Å²) < 4.78 is 0. The second-order valence-electron chi connectivity index (χ2n) is 6.72. The number of rotatable bonds is 8. The van der Waals surface area contributed by atoms with Crippen molar-refractivity contribution in [3.05, 3.63) is 65.7 Å². The molecule has 2 aromatic rings. The number of hydrogen-bond acceptors (Lipinski definition) is 2. The second kappa shape index (κ2) is 10.6. The molecule has 3 N–H and O–H groups in total. The lowest BCUT2D eigenvalue weighted by atomic mass is 10.1. The van der Waals surface area contributed by atoms with E-state index < -0.39 is 0 Å². The number of likely N-dealkylation sites (tertiary alicyclic amines) is 1. The quantitative estimate of drug-likeness (QED) is 0.370. The van der Waals surface area contributed by atoms with Crippen LogP contribution in [0.3, 0.4) is 0 Å². The van der Waals surface area contributed by atoms with Crippen LogP contribution in [0.25, 0.3) is 0 Å². The molecule has 0 aromatic heterocycles. The smallest absolute Gasteiger partial charge is 0.166 e. The molecular formula is C21H28N3S2+. The molecule has 3 rings (SSSR count). The van der Waals surface area contributed by atoms with Gasteiger partial charge in [0.05, 0.1) is 13.1 Å². The van der Waals surface area contributed by atoms with Crippen LogP contribution in [0.4, 0.5) is 0 Å². The Balaban J connectivity index is 1.31. The highest BCUT2D eigenvalue weighted by Crippen LogP contribution is 2.15. The van der Waals surface area contributed by atoms with E-state index in [1.54, 1.807) is 4.90 Å². The van der Waals surface area contributed by atoms with Gasteiger partial charge in [-0.15, -0.1) is 11.8 Å². The van der Waals surface area contributed by atoms with E-state index in [-0.39, 0.29) is 0 Å². The molecule has 1 fully saturated rings. The van der Waals surface area contributed by atoms with Crippen LogP contribution in [0.2, 0.25) is 0 Å². The Morgan fingerprint density at radius 3 is 2.35 bits per heavy atom. The van der Waals surface area contributed by atoms with Crippen LogP contribution in [-0.2, 0) is 13.1 Å². The fourth-order valence-corrected chi connectivity index (χ4v) is 4.17. The topological polar surface area (TPSA) is 28.5 Å². The summed E-state index contributed by atoms with van der Waals surface area (Å²) in [5, 5.41) is 7.30. The predicted molar refractivity (Wildman–Crippen MR) is 115 cm³/mol. The number of thioether (sulfide) groups is 1. The third-order valence-electron chi connectivity index (χ3n) is 4.64. The van der Waals surface area contributed by atoms with E-state index >= 15 is 0 Å². The van der Waals surface area contributed by atoms with Crippen molar-refractivity contribution in [1.82, 2.24) is 10.6 Å². The minimum atomic E-state index is 0.726. The first-order chi connectivity index (χ1) is 12.8. The number of benzene rings is 2. The molecule has 3 nitrogen and oxygen atoms in total.